The molecule has 0 aliphatic carbocycles. The topological polar surface area (TPSA) is 64.0 Å². The number of hydrogen-bond acceptors (Lipinski definition) is 3. The van der Waals surface area contributed by atoms with E-state index in [2.05, 4.69) is 10.4 Å². The zero-order chi connectivity index (χ0) is 20.3. The SMILES string of the molecule is O=C(Nc1ccccc1C(F)(F)F)c1ccc(=O)n(Cc2cccc(F)c2)n1. The fraction of sp³-hybridized carbons (Fsp3) is 0.105. The third-order valence-corrected chi connectivity index (χ3v) is 3.80. The smallest absolute Gasteiger partial charge is 0.320 e. The van der Waals surface area contributed by atoms with Gasteiger partial charge in [0, 0.05) is 6.07 Å². The van der Waals surface area contributed by atoms with Gasteiger partial charge in [-0.1, -0.05) is 24.3 Å². The lowest BCUT2D eigenvalue weighted by Crippen LogP contribution is -2.27. The van der Waals surface area contributed by atoms with E-state index in [1.165, 1.54) is 30.3 Å². The molecule has 3 rings (SSSR count). The average Bonchev–Trinajstić information content (AvgIpc) is 2.63. The van der Waals surface area contributed by atoms with Crippen molar-refractivity contribution in [2.45, 2.75) is 12.7 Å². The van der Waals surface area contributed by atoms with E-state index in [9.17, 15) is 27.2 Å². The summed E-state index contributed by atoms with van der Waals surface area (Å²) < 4.78 is 53.4. The standard InChI is InChI=1S/C19H13F4N3O2/c20-13-5-3-4-12(10-13)11-26-17(27)9-8-16(25-26)18(28)24-15-7-2-1-6-14(15)19(21,22)23/h1-10H,11H2,(H,24,28). The van der Waals surface area contributed by atoms with E-state index in [1.54, 1.807) is 6.07 Å². The summed E-state index contributed by atoms with van der Waals surface area (Å²) in [5.41, 5.74) is -1.79. The number of halogens is 4. The van der Waals surface area contributed by atoms with Gasteiger partial charge in [-0.3, -0.25) is 9.59 Å². The van der Waals surface area contributed by atoms with Crippen LogP contribution in [0.25, 0.3) is 0 Å². The second-order valence-corrected chi connectivity index (χ2v) is 5.84. The number of anilines is 1. The predicted octanol–water partition coefficient (Wildman–Crippen LogP) is 3.70. The summed E-state index contributed by atoms with van der Waals surface area (Å²) in [6.07, 6.45) is -4.65. The number of alkyl halides is 3. The van der Waals surface area contributed by atoms with Crippen molar-refractivity contribution in [2.75, 3.05) is 5.32 Å². The molecule has 3 aromatic rings. The maximum atomic E-state index is 13.3. The van der Waals surface area contributed by atoms with Gasteiger partial charge in [0.2, 0.25) is 0 Å². The van der Waals surface area contributed by atoms with Crippen molar-refractivity contribution in [1.82, 2.24) is 9.78 Å². The van der Waals surface area contributed by atoms with E-state index >= 15 is 0 Å². The van der Waals surface area contributed by atoms with Gasteiger partial charge in [-0.05, 0) is 35.9 Å². The number of rotatable bonds is 4. The lowest BCUT2D eigenvalue weighted by Gasteiger charge is -2.13. The molecule has 0 saturated heterocycles. The van der Waals surface area contributed by atoms with Gasteiger partial charge in [-0.15, -0.1) is 0 Å². The largest absolute Gasteiger partial charge is 0.418 e. The van der Waals surface area contributed by atoms with Crippen LogP contribution in [0.4, 0.5) is 23.2 Å². The molecule has 1 amide bonds. The molecule has 0 spiro atoms. The van der Waals surface area contributed by atoms with Gasteiger partial charge in [0.15, 0.2) is 0 Å². The molecule has 0 bridgehead atoms. The number of nitrogens with zero attached hydrogens (tertiary/aromatic N) is 2. The summed E-state index contributed by atoms with van der Waals surface area (Å²) in [7, 11) is 0. The van der Waals surface area contributed by atoms with E-state index in [4.69, 9.17) is 0 Å². The van der Waals surface area contributed by atoms with E-state index in [1.807, 2.05) is 0 Å². The molecule has 1 aromatic heterocycles. The van der Waals surface area contributed by atoms with Crippen molar-refractivity contribution in [3.05, 3.63) is 93.7 Å². The summed E-state index contributed by atoms with van der Waals surface area (Å²) in [5.74, 6) is -1.41. The van der Waals surface area contributed by atoms with E-state index in [0.717, 1.165) is 28.9 Å². The van der Waals surface area contributed by atoms with Crippen molar-refractivity contribution >= 4 is 11.6 Å². The summed E-state index contributed by atoms with van der Waals surface area (Å²) in [5, 5.41) is 6.03. The molecule has 0 atom stereocenters. The van der Waals surface area contributed by atoms with Gasteiger partial charge in [-0.25, -0.2) is 9.07 Å². The number of aromatic nitrogens is 2. The van der Waals surface area contributed by atoms with Crippen molar-refractivity contribution in [1.29, 1.82) is 0 Å². The average molecular weight is 391 g/mol. The third-order valence-electron chi connectivity index (χ3n) is 3.80. The second kappa shape index (κ2) is 7.63. The Morgan fingerprint density at radius 3 is 2.50 bits per heavy atom. The predicted molar refractivity (Wildman–Crippen MR) is 93.4 cm³/mol. The molecule has 0 unspecified atom stereocenters. The van der Waals surface area contributed by atoms with Crippen LogP contribution in [0.5, 0.6) is 0 Å². The maximum Gasteiger partial charge on any atom is 0.418 e. The highest BCUT2D eigenvalue weighted by atomic mass is 19.4. The second-order valence-electron chi connectivity index (χ2n) is 5.84. The quantitative estimate of drug-likeness (QED) is 0.690. The van der Waals surface area contributed by atoms with Gasteiger partial charge in [0.05, 0.1) is 17.8 Å². The number of carbonyl (C=O) groups excluding carboxylic acids is 1. The molecular formula is C19H13F4N3O2. The molecule has 5 nitrogen and oxygen atoms in total. The molecule has 0 saturated carbocycles. The van der Waals surface area contributed by atoms with Crippen LogP contribution in [0, 0.1) is 5.82 Å². The zero-order valence-electron chi connectivity index (χ0n) is 14.2. The molecule has 9 heteroatoms. The van der Waals surface area contributed by atoms with Crippen LogP contribution < -0.4 is 10.9 Å². The van der Waals surface area contributed by atoms with Crippen molar-refractivity contribution in [3.63, 3.8) is 0 Å². The van der Waals surface area contributed by atoms with Gasteiger partial charge in [-0.2, -0.15) is 18.3 Å². The van der Waals surface area contributed by atoms with E-state index in [0.29, 0.717) is 5.56 Å². The summed E-state index contributed by atoms with van der Waals surface area (Å²) in [4.78, 5) is 24.3. The Morgan fingerprint density at radius 2 is 1.79 bits per heavy atom. The third kappa shape index (κ3) is 4.43. The Bertz CT molecular complexity index is 1080. The molecule has 144 valence electrons. The zero-order valence-corrected chi connectivity index (χ0v) is 14.2. The summed E-state index contributed by atoms with van der Waals surface area (Å²) in [6, 6.07) is 12.2. The minimum absolute atomic E-state index is 0.100. The Labute approximate surface area is 156 Å². The molecular weight excluding hydrogens is 378 g/mol. The Balaban J connectivity index is 1.87. The Kier molecular flexibility index (Phi) is 5.25. The van der Waals surface area contributed by atoms with Crippen molar-refractivity contribution < 1.29 is 22.4 Å². The molecule has 1 heterocycles. The minimum Gasteiger partial charge on any atom is -0.320 e. The van der Waals surface area contributed by atoms with Crippen LogP contribution in [0.2, 0.25) is 0 Å². The number of amides is 1. The first-order valence-corrected chi connectivity index (χ1v) is 8.04. The molecule has 0 aliphatic heterocycles. The minimum atomic E-state index is -4.65. The van der Waals surface area contributed by atoms with Crippen LogP contribution >= 0.6 is 0 Å². The van der Waals surface area contributed by atoms with E-state index in [-0.39, 0.29) is 12.2 Å². The Hall–Kier alpha value is -3.49. The van der Waals surface area contributed by atoms with Crippen LogP contribution in [0.3, 0.4) is 0 Å². The van der Waals surface area contributed by atoms with Crippen molar-refractivity contribution in [2.24, 2.45) is 0 Å². The molecule has 2 aromatic carbocycles. The maximum absolute atomic E-state index is 13.3. The normalized spacial score (nSPS) is 11.3. The van der Waals surface area contributed by atoms with E-state index < -0.39 is 34.7 Å². The van der Waals surface area contributed by atoms with Crippen molar-refractivity contribution in [3.8, 4) is 0 Å². The first-order valence-electron chi connectivity index (χ1n) is 8.04. The highest BCUT2D eigenvalue weighted by Crippen LogP contribution is 2.34. The van der Waals surface area contributed by atoms with Gasteiger partial charge in [0.1, 0.15) is 11.5 Å². The molecule has 28 heavy (non-hydrogen) atoms. The first-order chi connectivity index (χ1) is 13.2. The van der Waals surface area contributed by atoms with Crippen LogP contribution in [0.1, 0.15) is 21.6 Å². The number of nitrogens with one attached hydrogen (secondary N) is 1. The molecule has 1 N–H and O–H groups in total. The first kappa shape index (κ1) is 19.3. The molecule has 0 aliphatic rings. The van der Waals surface area contributed by atoms with Crippen LogP contribution in [-0.2, 0) is 12.7 Å². The molecule has 0 fully saturated rings. The van der Waals surface area contributed by atoms with Gasteiger partial charge in [0.25, 0.3) is 11.5 Å². The fourth-order valence-electron chi connectivity index (χ4n) is 2.52. The monoisotopic (exact) mass is 391 g/mol. The van der Waals surface area contributed by atoms with Gasteiger partial charge < -0.3 is 5.32 Å². The van der Waals surface area contributed by atoms with Crippen LogP contribution in [-0.4, -0.2) is 15.7 Å². The number of para-hydroxylation sites is 1. The lowest BCUT2D eigenvalue weighted by atomic mass is 10.1. The Morgan fingerprint density at radius 1 is 1.04 bits per heavy atom. The highest BCUT2D eigenvalue weighted by Gasteiger charge is 2.33. The fourth-order valence-corrected chi connectivity index (χ4v) is 2.52. The highest BCUT2D eigenvalue weighted by molar-refractivity contribution is 6.03. The number of carbonyl (C=O) groups is 1. The summed E-state index contributed by atoms with van der Waals surface area (Å²) in [6.45, 7) is -0.100. The van der Waals surface area contributed by atoms with Gasteiger partial charge >= 0.3 is 6.18 Å². The summed E-state index contributed by atoms with van der Waals surface area (Å²) >= 11 is 0. The molecule has 0 radical (unpaired) electrons. The van der Waals surface area contributed by atoms with Crippen LogP contribution in [0.15, 0.2) is 65.5 Å². The number of benzene rings is 2. The lowest BCUT2D eigenvalue weighted by molar-refractivity contribution is -0.136. The number of hydrogen-bond donors (Lipinski definition) is 1.